The summed E-state index contributed by atoms with van der Waals surface area (Å²) in [4.78, 5) is 0. The zero-order chi connectivity index (χ0) is 27.4. The van der Waals surface area contributed by atoms with Gasteiger partial charge in [-0.1, -0.05) is 121 Å². The van der Waals surface area contributed by atoms with Crippen LogP contribution in [0.25, 0.3) is 87.5 Å². The standard InChI is InChI=1S/C40H24N2/c1-2-12-25(13-3-1)26-14-10-15-27(24-26)41-35-23-9-7-19-32(35)36-29-17-4-5-18-31(29)39-37(40(36)41)33-21-11-20-30-28-16-6-8-22-34(28)42(39)38(30)33/h1-24H. The highest BCUT2D eigenvalue weighted by atomic mass is 15.0. The second-order valence-corrected chi connectivity index (χ2v) is 11.3. The first-order valence-electron chi connectivity index (χ1n) is 14.5. The van der Waals surface area contributed by atoms with Crippen LogP contribution < -0.4 is 0 Å². The maximum absolute atomic E-state index is 2.53. The molecule has 0 spiro atoms. The molecular weight excluding hydrogens is 508 g/mol. The van der Waals surface area contributed by atoms with Crippen LogP contribution in [-0.4, -0.2) is 8.97 Å². The Bertz CT molecular complexity index is 2670. The van der Waals surface area contributed by atoms with Gasteiger partial charge in [-0.05, 0) is 40.8 Å². The Kier molecular flexibility index (Phi) is 4.21. The topological polar surface area (TPSA) is 9.34 Å². The van der Waals surface area contributed by atoms with E-state index in [1.807, 2.05) is 0 Å². The van der Waals surface area contributed by atoms with Crippen LogP contribution in [0.4, 0.5) is 0 Å². The molecule has 3 aromatic heterocycles. The first kappa shape index (κ1) is 22.1. The van der Waals surface area contributed by atoms with Gasteiger partial charge in [-0.2, -0.15) is 0 Å². The Morgan fingerprint density at radius 2 is 0.929 bits per heavy atom. The molecule has 2 nitrogen and oxygen atoms in total. The Hall–Kier alpha value is -5.60. The molecule has 0 amide bonds. The number of nitrogens with zero attached hydrogens (tertiary/aromatic N) is 2. The van der Waals surface area contributed by atoms with Crippen molar-refractivity contribution >= 4 is 70.7 Å². The van der Waals surface area contributed by atoms with Crippen LogP contribution in [0.5, 0.6) is 0 Å². The summed E-state index contributed by atoms with van der Waals surface area (Å²) in [6.07, 6.45) is 0. The van der Waals surface area contributed by atoms with Gasteiger partial charge >= 0.3 is 0 Å². The van der Waals surface area contributed by atoms with Crippen molar-refractivity contribution in [2.24, 2.45) is 0 Å². The lowest BCUT2D eigenvalue weighted by Gasteiger charge is -2.13. The van der Waals surface area contributed by atoms with E-state index in [2.05, 4.69) is 155 Å². The summed E-state index contributed by atoms with van der Waals surface area (Å²) in [6.45, 7) is 0. The molecule has 0 radical (unpaired) electrons. The normalized spacial score (nSPS) is 12.3. The summed E-state index contributed by atoms with van der Waals surface area (Å²) in [5, 5.41) is 10.4. The quantitative estimate of drug-likeness (QED) is 0.209. The van der Waals surface area contributed by atoms with E-state index in [0.717, 1.165) is 0 Å². The summed E-state index contributed by atoms with van der Waals surface area (Å²) in [7, 11) is 0. The molecule has 10 rings (SSSR count). The Labute approximate surface area is 241 Å². The van der Waals surface area contributed by atoms with Gasteiger partial charge in [0.05, 0.1) is 27.6 Å². The summed E-state index contributed by atoms with van der Waals surface area (Å²) in [5.74, 6) is 0. The first-order chi connectivity index (χ1) is 20.9. The number of aromatic nitrogens is 2. The molecule has 0 N–H and O–H groups in total. The molecule has 0 atom stereocenters. The van der Waals surface area contributed by atoms with Gasteiger partial charge < -0.3 is 8.97 Å². The summed E-state index contributed by atoms with van der Waals surface area (Å²) < 4.78 is 5.04. The molecule has 10 aromatic rings. The molecule has 0 saturated heterocycles. The number of para-hydroxylation sites is 3. The molecule has 42 heavy (non-hydrogen) atoms. The lowest BCUT2D eigenvalue weighted by atomic mass is 9.98. The SMILES string of the molecule is c1ccc(-c2cccc(-n3c4ccccc4c4c5ccccc5c5c(c6cccc7c8ccccc8n5c76)c43)c2)cc1. The average molecular weight is 533 g/mol. The van der Waals surface area contributed by atoms with Crippen LogP contribution in [0.3, 0.4) is 0 Å². The zero-order valence-corrected chi connectivity index (χ0v) is 22.8. The number of benzene rings is 7. The van der Waals surface area contributed by atoms with Gasteiger partial charge in [0, 0.05) is 43.4 Å². The maximum Gasteiger partial charge on any atom is 0.0647 e. The number of fused-ring (bicyclic) bond motifs is 13. The van der Waals surface area contributed by atoms with Gasteiger partial charge in [-0.15, -0.1) is 0 Å². The van der Waals surface area contributed by atoms with Crippen molar-refractivity contribution in [1.29, 1.82) is 0 Å². The van der Waals surface area contributed by atoms with Gasteiger partial charge in [-0.25, -0.2) is 0 Å². The van der Waals surface area contributed by atoms with Crippen molar-refractivity contribution in [2.45, 2.75) is 0 Å². The number of hydrogen-bond acceptors (Lipinski definition) is 0. The minimum atomic E-state index is 1.17. The largest absolute Gasteiger partial charge is 0.308 e. The average Bonchev–Trinajstić information content (AvgIpc) is 3.71. The van der Waals surface area contributed by atoms with Crippen LogP contribution in [0.15, 0.2) is 146 Å². The fraction of sp³-hybridized carbons (Fsp3) is 0. The van der Waals surface area contributed by atoms with E-state index in [9.17, 15) is 0 Å². The molecule has 0 fully saturated rings. The van der Waals surface area contributed by atoms with Crippen molar-refractivity contribution < 1.29 is 0 Å². The molecule has 0 saturated carbocycles. The summed E-state index contributed by atoms with van der Waals surface area (Å²) in [5.41, 5.74) is 9.97. The van der Waals surface area contributed by atoms with Gasteiger partial charge in [0.15, 0.2) is 0 Å². The lowest BCUT2D eigenvalue weighted by molar-refractivity contribution is 1.19. The minimum absolute atomic E-state index is 1.17. The zero-order valence-electron chi connectivity index (χ0n) is 22.8. The molecule has 0 unspecified atom stereocenters. The monoisotopic (exact) mass is 532 g/mol. The van der Waals surface area contributed by atoms with Crippen LogP contribution in [0.1, 0.15) is 0 Å². The highest BCUT2D eigenvalue weighted by Crippen LogP contribution is 2.48. The molecule has 0 bridgehead atoms. The van der Waals surface area contributed by atoms with Crippen LogP contribution in [0, 0.1) is 0 Å². The maximum atomic E-state index is 2.53. The van der Waals surface area contributed by atoms with E-state index < -0.39 is 0 Å². The molecular formula is C40H24N2. The summed E-state index contributed by atoms with van der Waals surface area (Å²) in [6, 6.07) is 53.2. The van der Waals surface area contributed by atoms with Crippen molar-refractivity contribution in [2.75, 3.05) is 0 Å². The highest BCUT2D eigenvalue weighted by Gasteiger charge is 2.25. The fourth-order valence-corrected chi connectivity index (χ4v) is 7.57. The number of hydrogen-bond donors (Lipinski definition) is 0. The highest BCUT2D eigenvalue weighted by molar-refractivity contribution is 6.39. The second kappa shape index (κ2) is 7.99. The molecule has 2 heteroatoms. The number of rotatable bonds is 2. The van der Waals surface area contributed by atoms with Crippen LogP contribution in [0.2, 0.25) is 0 Å². The predicted molar refractivity (Wildman–Crippen MR) is 178 cm³/mol. The fourth-order valence-electron chi connectivity index (χ4n) is 7.57. The van der Waals surface area contributed by atoms with Gasteiger partial charge in [0.1, 0.15) is 0 Å². The van der Waals surface area contributed by atoms with Crippen molar-refractivity contribution in [1.82, 2.24) is 8.97 Å². The molecule has 0 aliphatic heterocycles. The Balaban J connectivity index is 1.50. The van der Waals surface area contributed by atoms with Crippen molar-refractivity contribution in [3.63, 3.8) is 0 Å². The lowest BCUT2D eigenvalue weighted by Crippen LogP contribution is -1.95. The van der Waals surface area contributed by atoms with E-state index in [1.54, 1.807) is 0 Å². The van der Waals surface area contributed by atoms with Gasteiger partial charge in [0.2, 0.25) is 0 Å². The summed E-state index contributed by atoms with van der Waals surface area (Å²) >= 11 is 0. The Morgan fingerprint density at radius 3 is 1.79 bits per heavy atom. The van der Waals surface area contributed by atoms with E-state index in [0.29, 0.717) is 0 Å². The van der Waals surface area contributed by atoms with Gasteiger partial charge in [-0.3, -0.25) is 0 Å². The third-order valence-electron chi connectivity index (χ3n) is 9.20. The van der Waals surface area contributed by atoms with E-state index in [1.165, 1.54) is 87.5 Å². The van der Waals surface area contributed by atoms with E-state index in [-0.39, 0.29) is 0 Å². The van der Waals surface area contributed by atoms with E-state index in [4.69, 9.17) is 0 Å². The third-order valence-corrected chi connectivity index (χ3v) is 9.20. The van der Waals surface area contributed by atoms with Crippen LogP contribution in [-0.2, 0) is 0 Å². The van der Waals surface area contributed by atoms with Gasteiger partial charge in [0.25, 0.3) is 0 Å². The molecule has 3 heterocycles. The molecule has 0 aliphatic rings. The Morgan fingerprint density at radius 1 is 0.333 bits per heavy atom. The van der Waals surface area contributed by atoms with Crippen LogP contribution >= 0.6 is 0 Å². The smallest absolute Gasteiger partial charge is 0.0647 e. The first-order valence-corrected chi connectivity index (χ1v) is 14.5. The molecule has 194 valence electrons. The minimum Gasteiger partial charge on any atom is -0.308 e. The third kappa shape index (κ3) is 2.69. The predicted octanol–water partition coefficient (Wildman–Crippen LogP) is 10.8. The second-order valence-electron chi connectivity index (χ2n) is 11.3. The van der Waals surface area contributed by atoms with Crippen molar-refractivity contribution in [3.05, 3.63) is 146 Å². The molecule has 0 aliphatic carbocycles. The van der Waals surface area contributed by atoms with Crippen molar-refractivity contribution in [3.8, 4) is 16.8 Å². The molecule has 7 aromatic carbocycles. The van der Waals surface area contributed by atoms with E-state index >= 15 is 0 Å².